The van der Waals surface area contributed by atoms with Crippen molar-refractivity contribution < 1.29 is 13.3 Å². The fourth-order valence-electron chi connectivity index (χ4n) is 2.86. The van der Waals surface area contributed by atoms with Crippen molar-refractivity contribution in [3.8, 4) is 0 Å². The summed E-state index contributed by atoms with van der Waals surface area (Å²) >= 11 is 5.96. The second-order valence-electron chi connectivity index (χ2n) is 6.04. The van der Waals surface area contributed by atoms with Crippen LogP contribution in [-0.2, 0) is 10.0 Å². The Morgan fingerprint density at radius 1 is 1.38 bits per heavy atom. The first-order chi connectivity index (χ1) is 11.2. The number of sulfonamides is 1. The smallest absolute Gasteiger partial charge is 0.275 e. The Morgan fingerprint density at radius 2 is 2.00 bits per heavy atom. The second-order valence-corrected chi connectivity index (χ2v) is 8.16. The average Bonchev–Trinajstić information content (AvgIpc) is 2.51. The number of nitrogens with zero attached hydrogens (tertiary/aromatic N) is 2. The fourth-order valence-corrected chi connectivity index (χ4v) is 4.49. The van der Waals surface area contributed by atoms with E-state index in [0.29, 0.717) is 0 Å². The number of rotatable bonds is 6. The molecule has 0 bridgehead atoms. The van der Waals surface area contributed by atoms with E-state index in [0.717, 1.165) is 45.0 Å². The molecule has 1 heterocycles. The lowest BCUT2D eigenvalue weighted by molar-refractivity contribution is -0.385. The third kappa shape index (κ3) is 4.44. The van der Waals surface area contributed by atoms with Crippen LogP contribution in [0.5, 0.6) is 0 Å². The van der Waals surface area contributed by atoms with Crippen LogP contribution in [0.4, 0.5) is 5.69 Å². The molecule has 0 aromatic heterocycles. The SMILES string of the molecule is CCCN1CCC(NS(=O)(=O)c2cc(Cl)c(C)c([N+](=O)[O-])c2)CC1. The van der Waals surface area contributed by atoms with Gasteiger partial charge in [-0.1, -0.05) is 18.5 Å². The third-order valence-electron chi connectivity index (χ3n) is 4.25. The number of hydrogen-bond donors (Lipinski definition) is 1. The summed E-state index contributed by atoms with van der Waals surface area (Å²) in [5.41, 5.74) is -0.0332. The van der Waals surface area contributed by atoms with Gasteiger partial charge in [-0.2, -0.15) is 0 Å². The molecule has 0 radical (unpaired) electrons. The fraction of sp³-hybridized carbons (Fsp3) is 0.600. The topological polar surface area (TPSA) is 92.6 Å². The molecule has 0 aliphatic carbocycles. The molecule has 1 saturated heterocycles. The van der Waals surface area contributed by atoms with E-state index in [1.165, 1.54) is 13.0 Å². The van der Waals surface area contributed by atoms with E-state index in [4.69, 9.17) is 11.6 Å². The summed E-state index contributed by atoms with van der Waals surface area (Å²) in [5.74, 6) is 0. The summed E-state index contributed by atoms with van der Waals surface area (Å²) in [7, 11) is -3.84. The first-order valence-corrected chi connectivity index (χ1v) is 9.80. The number of benzene rings is 1. The number of likely N-dealkylation sites (tertiary alicyclic amines) is 1. The lowest BCUT2D eigenvalue weighted by Crippen LogP contribution is -2.44. The number of nitro groups is 1. The Balaban J connectivity index is 2.15. The largest absolute Gasteiger partial charge is 0.303 e. The van der Waals surface area contributed by atoms with Crippen LogP contribution in [0.1, 0.15) is 31.7 Å². The molecule has 9 heteroatoms. The predicted octanol–water partition coefficient (Wildman–Crippen LogP) is 2.71. The van der Waals surface area contributed by atoms with Crippen molar-refractivity contribution in [2.45, 2.75) is 44.0 Å². The molecule has 7 nitrogen and oxygen atoms in total. The molecule has 1 aliphatic heterocycles. The zero-order chi connectivity index (χ0) is 17.9. The lowest BCUT2D eigenvalue weighted by Gasteiger charge is -2.31. The quantitative estimate of drug-likeness (QED) is 0.609. The number of piperidine rings is 1. The normalized spacial score (nSPS) is 17.1. The van der Waals surface area contributed by atoms with Gasteiger partial charge in [-0.25, -0.2) is 13.1 Å². The Hall–Kier alpha value is -1.22. The molecule has 0 saturated carbocycles. The highest BCUT2D eigenvalue weighted by Crippen LogP contribution is 2.29. The summed E-state index contributed by atoms with van der Waals surface area (Å²) < 4.78 is 27.7. The van der Waals surface area contributed by atoms with Gasteiger partial charge < -0.3 is 4.90 Å². The van der Waals surface area contributed by atoms with Gasteiger partial charge in [0.25, 0.3) is 5.69 Å². The number of halogens is 1. The molecule has 1 N–H and O–H groups in total. The zero-order valence-corrected chi connectivity index (χ0v) is 15.4. The maximum atomic E-state index is 12.5. The number of hydrogen-bond acceptors (Lipinski definition) is 5. The summed E-state index contributed by atoms with van der Waals surface area (Å²) in [6, 6.07) is 2.16. The summed E-state index contributed by atoms with van der Waals surface area (Å²) in [6.07, 6.45) is 2.52. The molecule has 1 aromatic rings. The number of nitro benzene ring substituents is 1. The molecule has 0 spiro atoms. The van der Waals surface area contributed by atoms with E-state index < -0.39 is 14.9 Å². The highest BCUT2D eigenvalue weighted by molar-refractivity contribution is 7.89. The van der Waals surface area contributed by atoms with E-state index >= 15 is 0 Å². The molecule has 134 valence electrons. The minimum absolute atomic E-state index is 0.0716. The van der Waals surface area contributed by atoms with Crippen molar-refractivity contribution in [2.75, 3.05) is 19.6 Å². The van der Waals surface area contributed by atoms with E-state index in [1.807, 2.05) is 0 Å². The van der Waals surface area contributed by atoms with Crippen LogP contribution < -0.4 is 4.72 Å². The van der Waals surface area contributed by atoms with Gasteiger partial charge in [0, 0.05) is 17.7 Å². The van der Waals surface area contributed by atoms with Gasteiger partial charge in [-0.15, -0.1) is 0 Å². The van der Waals surface area contributed by atoms with Crippen LogP contribution in [0.2, 0.25) is 5.02 Å². The molecular formula is C15H22ClN3O4S. The van der Waals surface area contributed by atoms with Gasteiger partial charge in [0.05, 0.1) is 14.8 Å². The molecule has 0 amide bonds. The summed E-state index contributed by atoms with van der Waals surface area (Å²) in [5, 5.41) is 11.1. The van der Waals surface area contributed by atoms with Crippen molar-refractivity contribution in [3.05, 3.63) is 32.8 Å². The highest BCUT2D eigenvalue weighted by atomic mass is 35.5. The first-order valence-electron chi connectivity index (χ1n) is 7.93. The molecule has 1 aromatic carbocycles. The lowest BCUT2D eigenvalue weighted by atomic mass is 10.1. The third-order valence-corrected chi connectivity index (χ3v) is 6.14. The van der Waals surface area contributed by atoms with Crippen molar-refractivity contribution in [2.24, 2.45) is 0 Å². The van der Waals surface area contributed by atoms with Gasteiger partial charge in [0.2, 0.25) is 10.0 Å². The van der Waals surface area contributed by atoms with Crippen molar-refractivity contribution in [3.63, 3.8) is 0 Å². The maximum Gasteiger partial charge on any atom is 0.275 e. The Kier molecular flexibility index (Phi) is 6.19. The highest BCUT2D eigenvalue weighted by Gasteiger charge is 2.27. The van der Waals surface area contributed by atoms with E-state index in [2.05, 4.69) is 16.5 Å². The van der Waals surface area contributed by atoms with Crippen molar-refractivity contribution in [1.82, 2.24) is 9.62 Å². The van der Waals surface area contributed by atoms with Crippen LogP contribution in [0, 0.1) is 17.0 Å². The molecule has 24 heavy (non-hydrogen) atoms. The molecule has 0 atom stereocenters. The van der Waals surface area contributed by atoms with Gasteiger partial charge in [0.15, 0.2) is 0 Å². The molecule has 1 aliphatic rings. The second kappa shape index (κ2) is 7.77. The minimum Gasteiger partial charge on any atom is -0.303 e. The minimum atomic E-state index is -3.84. The number of nitrogens with one attached hydrogen (secondary N) is 1. The van der Waals surface area contributed by atoms with E-state index in [-0.39, 0.29) is 27.2 Å². The Bertz CT molecular complexity index is 716. The summed E-state index contributed by atoms with van der Waals surface area (Å²) in [4.78, 5) is 12.6. The molecule has 1 fully saturated rings. The van der Waals surface area contributed by atoms with Crippen molar-refractivity contribution in [1.29, 1.82) is 0 Å². The van der Waals surface area contributed by atoms with Gasteiger partial charge in [-0.3, -0.25) is 10.1 Å². The van der Waals surface area contributed by atoms with Crippen LogP contribution >= 0.6 is 11.6 Å². The zero-order valence-electron chi connectivity index (χ0n) is 13.8. The standard InChI is InChI=1S/C15H22ClN3O4S/c1-3-6-18-7-4-12(5-8-18)17-24(22,23)13-9-14(16)11(2)15(10-13)19(20)21/h9-10,12,17H,3-8H2,1-2H3. The molecule has 0 unspecified atom stereocenters. The Labute approximate surface area is 147 Å². The van der Waals surface area contributed by atoms with Gasteiger partial charge in [0.1, 0.15) is 0 Å². The molecule has 2 rings (SSSR count). The average molecular weight is 376 g/mol. The van der Waals surface area contributed by atoms with E-state index in [1.54, 1.807) is 0 Å². The van der Waals surface area contributed by atoms with Gasteiger partial charge in [-0.05, 0) is 51.9 Å². The maximum absolute atomic E-state index is 12.5. The first kappa shape index (κ1) is 19.1. The van der Waals surface area contributed by atoms with Gasteiger partial charge >= 0.3 is 0 Å². The van der Waals surface area contributed by atoms with Crippen molar-refractivity contribution >= 4 is 27.3 Å². The Morgan fingerprint density at radius 3 is 2.54 bits per heavy atom. The predicted molar refractivity (Wildman–Crippen MR) is 92.9 cm³/mol. The van der Waals surface area contributed by atoms with E-state index in [9.17, 15) is 18.5 Å². The monoisotopic (exact) mass is 375 g/mol. The molecular weight excluding hydrogens is 354 g/mol. The van der Waals surface area contributed by atoms with Crippen LogP contribution in [0.3, 0.4) is 0 Å². The summed E-state index contributed by atoms with van der Waals surface area (Å²) in [6.45, 7) is 6.31. The van der Waals surface area contributed by atoms with Crippen LogP contribution in [-0.4, -0.2) is 43.9 Å². The van der Waals surface area contributed by atoms with Crippen LogP contribution in [0.15, 0.2) is 17.0 Å². The van der Waals surface area contributed by atoms with Crippen LogP contribution in [0.25, 0.3) is 0 Å².